The number of rotatable bonds is 3. The average Bonchev–Trinajstić information content (AvgIpc) is 2.67. The summed E-state index contributed by atoms with van der Waals surface area (Å²) in [7, 11) is 0. The first-order valence-corrected chi connectivity index (χ1v) is 6.54. The third-order valence-electron chi connectivity index (χ3n) is 3.06. The number of allylic oxidation sites excluding steroid dienone is 1. The summed E-state index contributed by atoms with van der Waals surface area (Å²) < 4.78 is 0. The van der Waals surface area contributed by atoms with E-state index in [-0.39, 0.29) is 5.12 Å². The number of carboxylic acids is 1. The van der Waals surface area contributed by atoms with E-state index in [9.17, 15) is 9.59 Å². The highest BCUT2D eigenvalue weighted by Gasteiger charge is 2.21. The molecule has 0 saturated carbocycles. The molecule has 2 rings (SSSR count). The van der Waals surface area contributed by atoms with Gasteiger partial charge in [0.25, 0.3) is 0 Å². The highest BCUT2D eigenvalue weighted by atomic mass is 32.2. The van der Waals surface area contributed by atoms with Gasteiger partial charge in [-0.3, -0.25) is 9.59 Å². The van der Waals surface area contributed by atoms with Crippen LogP contribution in [-0.4, -0.2) is 16.2 Å². The molecule has 0 saturated heterocycles. The lowest BCUT2D eigenvalue weighted by Gasteiger charge is -2.08. The summed E-state index contributed by atoms with van der Waals surface area (Å²) in [6.45, 7) is 3.62. The molecule has 18 heavy (non-hydrogen) atoms. The molecule has 0 bridgehead atoms. The molecular weight excluding hydrogens is 248 g/mol. The summed E-state index contributed by atoms with van der Waals surface area (Å²) in [5.41, 5.74) is 2.85. The smallest absolute Gasteiger partial charge is 0.310 e. The molecule has 94 valence electrons. The van der Waals surface area contributed by atoms with Gasteiger partial charge < -0.3 is 5.11 Å². The van der Waals surface area contributed by atoms with Gasteiger partial charge in [0.15, 0.2) is 5.12 Å². The minimum Gasteiger partial charge on any atom is -0.481 e. The van der Waals surface area contributed by atoms with Crippen LogP contribution in [0.15, 0.2) is 29.8 Å². The fraction of sp³-hybridized carbons (Fsp3) is 0.286. The Labute approximate surface area is 110 Å². The average molecular weight is 262 g/mol. The standard InChI is InChI=1S/C14H14O3S/c1-8-7-12(15)18-13(8)11-5-3-10(4-6-11)9(2)14(16)17/h3-6,9H,7H2,1-2H3,(H,16,17)/t9-/m1/s1. The van der Waals surface area contributed by atoms with Gasteiger partial charge in [0, 0.05) is 11.3 Å². The van der Waals surface area contributed by atoms with Crippen molar-refractivity contribution >= 4 is 27.8 Å². The lowest BCUT2D eigenvalue weighted by molar-refractivity contribution is -0.138. The maximum Gasteiger partial charge on any atom is 0.310 e. The molecule has 1 atom stereocenters. The van der Waals surface area contributed by atoms with Gasteiger partial charge in [-0.1, -0.05) is 41.6 Å². The van der Waals surface area contributed by atoms with Gasteiger partial charge >= 0.3 is 5.97 Å². The topological polar surface area (TPSA) is 54.4 Å². The lowest BCUT2D eigenvalue weighted by atomic mass is 9.99. The molecule has 1 aliphatic heterocycles. The SMILES string of the molecule is CC1=C(c2ccc([C@@H](C)C(=O)O)cc2)SC(=O)C1. The largest absolute Gasteiger partial charge is 0.481 e. The van der Waals surface area contributed by atoms with Crippen molar-refractivity contribution in [2.24, 2.45) is 0 Å². The molecule has 0 fully saturated rings. The molecule has 3 nitrogen and oxygen atoms in total. The molecule has 1 aromatic carbocycles. The minimum absolute atomic E-state index is 0.172. The number of carbonyl (C=O) groups excluding carboxylic acids is 1. The van der Waals surface area contributed by atoms with Crippen LogP contribution in [0.25, 0.3) is 4.91 Å². The Morgan fingerprint density at radius 3 is 2.39 bits per heavy atom. The number of hydrogen-bond acceptors (Lipinski definition) is 3. The molecule has 0 unspecified atom stereocenters. The molecule has 0 radical (unpaired) electrons. The van der Waals surface area contributed by atoms with Gasteiger partial charge in [-0.15, -0.1) is 0 Å². The summed E-state index contributed by atoms with van der Waals surface area (Å²) in [6.07, 6.45) is 0.507. The van der Waals surface area contributed by atoms with Gasteiger partial charge in [0.05, 0.1) is 5.92 Å². The van der Waals surface area contributed by atoms with Crippen molar-refractivity contribution in [1.82, 2.24) is 0 Å². The summed E-state index contributed by atoms with van der Waals surface area (Å²) in [4.78, 5) is 23.2. The number of carbonyl (C=O) groups is 2. The van der Waals surface area contributed by atoms with E-state index in [0.29, 0.717) is 6.42 Å². The number of hydrogen-bond donors (Lipinski definition) is 1. The van der Waals surface area contributed by atoms with Crippen molar-refractivity contribution in [3.63, 3.8) is 0 Å². The Balaban J connectivity index is 2.26. The summed E-state index contributed by atoms with van der Waals surface area (Å²) in [6, 6.07) is 7.41. The van der Waals surface area contributed by atoms with Gasteiger partial charge in [-0.05, 0) is 25.0 Å². The van der Waals surface area contributed by atoms with Crippen molar-refractivity contribution in [3.05, 3.63) is 41.0 Å². The van der Waals surface area contributed by atoms with E-state index >= 15 is 0 Å². The molecular formula is C14H14O3S. The van der Waals surface area contributed by atoms with E-state index in [2.05, 4.69) is 0 Å². The van der Waals surface area contributed by atoms with E-state index in [0.717, 1.165) is 21.6 Å². The second-order valence-electron chi connectivity index (χ2n) is 4.44. The van der Waals surface area contributed by atoms with Crippen LogP contribution in [0.3, 0.4) is 0 Å². The van der Waals surface area contributed by atoms with E-state index in [1.165, 1.54) is 11.8 Å². The summed E-state index contributed by atoms with van der Waals surface area (Å²) in [5, 5.41) is 9.11. The fourth-order valence-electron chi connectivity index (χ4n) is 1.90. The third-order valence-corrected chi connectivity index (χ3v) is 4.22. The monoisotopic (exact) mass is 262 g/mol. The fourth-order valence-corrected chi connectivity index (χ4v) is 2.92. The number of thioether (sulfide) groups is 1. The van der Waals surface area contributed by atoms with Gasteiger partial charge in [-0.25, -0.2) is 0 Å². The first kappa shape index (κ1) is 12.9. The maximum atomic E-state index is 11.3. The second kappa shape index (κ2) is 4.98. The zero-order chi connectivity index (χ0) is 13.3. The molecule has 0 spiro atoms. The Hall–Kier alpha value is -1.55. The lowest BCUT2D eigenvalue weighted by Crippen LogP contribution is -2.07. The van der Waals surface area contributed by atoms with Crippen LogP contribution in [0.2, 0.25) is 0 Å². The van der Waals surface area contributed by atoms with Crippen molar-refractivity contribution in [3.8, 4) is 0 Å². The molecule has 0 aliphatic carbocycles. The predicted molar refractivity (Wildman–Crippen MR) is 72.3 cm³/mol. The second-order valence-corrected chi connectivity index (χ2v) is 5.51. The molecule has 4 heteroatoms. The van der Waals surface area contributed by atoms with Crippen molar-refractivity contribution < 1.29 is 14.7 Å². The van der Waals surface area contributed by atoms with E-state index in [4.69, 9.17) is 5.11 Å². The summed E-state index contributed by atoms with van der Waals surface area (Å²) >= 11 is 1.27. The third kappa shape index (κ3) is 2.48. The molecule has 1 aromatic rings. The Kier molecular flexibility index (Phi) is 3.57. The first-order valence-electron chi connectivity index (χ1n) is 5.72. The molecule has 1 aliphatic rings. The number of carboxylic acid groups (broad SMARTS) is 1. The maximum absolute atomic E-state index is 11.3. The Morgan fingerprint density at radius 1 is 1.33 bits per heavy atom. The molecule has 0 aromatic heterocycles. The van der Waals surface area contributed by atoms with Crippen LogP contribution in [0.4, 0.5) is 0 Å². The van der Waals surface area contributed by atoms with E-state index in [1.54, 1.807) is 6.92 Å². The molecule has 1 N–H and O–H groups in total. The quantitative estimate of drug-likeness (QED) is 0.908. The highest BCUT2D eigenvalue weighted by molar-refractivity contribution is 8.21. The van der Waals surface area contributed by atoms with Crippen molar-refractivity contribution in [1.29, 1.82) is 0 Å². The Bertz CT molecular complexity index is 528. The number of aliphatic carboxylic acids is 1. The number of benzene rings is 1. The minimum atomic E-state index is -0.830. The van der Waals surface area contributed by atoms with Gasteiger partial charge in [-0.2, -0.15) is 0 Å². The van der Waals surface area contributed by atoms with E-state index < -0.39 is 11.9 Å². The van der Waals surface area contributed by atoms with E-state index in [1.807, 2.05) is 31.2 Å². The zero-order valence-corrected chi connectivity index (χ0v) is 11.1. The predicted octanol–water partition coefficient (Wildman–Crippen LogP) is 3.27. The van der Waals surface area contributed by atoms with Gasteiger partial charge in [0.1, 0.15) is 0 Å². The van der Waals surface area contributed by atoms with Crippen LogP contribution in [-0.2, 0) is 9.59 Å². The highest BCUT2D eigenvalue weighted by Crippen LogP contribution is 2.40. The summed E-state index contributed by atoms with van der Waals surface area (Å²) in [5.74, 6) is -1.34. The van der Waals surface area contributed by atoms with Gasteiger partial charge in [0.2, 0.25) is 0 Å². The zero-order valence-electron chi connectivity index (χ0n) is 10.3. The van der Waals surface area contributed by atoms with Crippen molar-refractivity contribution in [2.75, 3.05) is 0 Å². The van der Waals surface area contributed by atoms with Crippen LogP contribution in [0.5, 0.6) is 0 Å². The molecule has 1 heterocycles. The van der Waals surface area contributed by atoms with Crippen LogP contribution < -0.4 is 0 Å². The molecule has 0 amide bonds. The Morgan fingerprint density at radius 2 is 1.94 bits per heavy atom. The normalized spacial score (nSPS) is 17.1. The van der Waals surface area contributed by atoms with Crippen LogP contribution in [0, 0.1) is 0 Å². The van der Waals surface area contributed by atoms with Crippen molar-refractivity contribution in [2.45, 2.75) is 26.2 Å². The first-order chi connectivity index (χ1) is 8.49. The van der Waals surface area contributed by atoms with Crippen LogP contribution >= 0.6 is 11.8 Å². The van der Waals surface area contributed by atoms with Crippen LogP contribution in [0.1, 0.15) is 37.3 Å².